The van der Waals surface area contributed by atoms with Crippen LogP contribution in [0.3, 0.4) is 0 Å². The van der Waals surface area contributed by atoms with E-state index in [1.165, 1.54) is 5.06 Å². The van der Waals surface area contributed by atoms with E-state index in [2.05, 4.69) is 6.58 Å². The molecule has 0 aromatic carbocycles. The van der Waals surface area contributed by atoms with Gasteiger partial charge in [0, 0.05) is 6.54 Å². The highest BCUT2D eigenvalue weighted by atomic mass is 16.7. The Bertz CT molecular complexity index is 303. The van der Waals surface area contributed by atoms with Crippen molar-refractivity contribution in [2.75, 3.05) is 19.8 Å². The Hall–Kier alpha value is -1.33. The Morgan fingerprint density at radius 2 is 2.47 bits per heavy atom. The minimum absolute atomic E-state index is 0.0414. The van der Waals surface area contributed by atoms with Crippen LogP contribution in [0.1, 0.15) is 0 Å². The molecule has 0 saturated carbocycles. The summed E-state index contributed by atoms with van der Waals surface area (Å²) in [6.07, 6.45) is 5.33. The fraction of sp³-hybridized carbons (Fsp3) is 0.500. The van der Waals surface area contributed by atoms with Crippen molar-refractivity contribution in [3.05, 3.63) is 24.8 Å². The summed E-state index contributed by atoms with van der Waals surface area (Å²) in [4.78, 5) is 18.7. The molecule has 0 unspecified atom stereocenters. The van der Waals surface area contributed by atoms with Gasteiger partial charge in [-0.1, -0.05) is 18.2 Å². The molecule has 0 aromatic rings. The van der Waals surface area contributed by atoms with E-state index in [9.17, 15) is 4.79 Å². The number of hydrogen-bond donors (Lipinski definition) is 1. The van der Waals surface area contributed by atoms with E-state index >= 15 is 0 Å². The van der Waals surface area contributed by atoms with Gasteiger partial charge >= 0.3 is 6.03 Å². The van der Waals surface area contributed by atoms with Gasteiger partial charge in [-0.2, -0.15) is 5.06 Å². The van der Waals surface area contributed by atoms with Crippen LogP contribution in [0.2, 0.25) is 0 Å². The van der Waals surface area contributed by atoms with Gasteiger partial charge in [-0.25, -0.2) is 4.79 Å². The lowest BCUT2D eigenvalue weighted by Crippen LogP contribution is -2.40. The average Bonchev–Trinajstić information content (AvgIpc) is 2.51. The van der Waals surface area contributed by atoms with E-state index in [1.807, 2.05) is 12.2 Å². The minimum atomic E-state index is -0.217. The Kier molecular flexibility index (Phi) is 2.75. The Balaban J connectivity index is 2.09. The standard InChI is InChI=1S/C10H14N2O3/c1-2-5-15-12-8-3-4-9(7-13)11(6-8)10(12)14/h2-4,8-9,13H,1,5-7H2/t8-,9+/m1/s1. The average molecular weight is 210 g/mol. The van der Waals surface area contributed by atoms with Gasteiger partial charge in [0.05, 0.1) is 25.3 Å². The van der Waals surface area contributed by atoms with E-state index in [4.69, 9.17) is 9.94 Å². The van der Waals surface area contributed by atoms with E-state index in [-0.39, 0.29) is 24.7 Å². The van der Waals surface area contributed by atoms with Crippen LogP contribution in [0.5, 0.6) is 0 Å². The Morgan fingerprint density at radius 1 is 1.67 bits per heavy atom. The predicted octanol–water partition coefficient (Wildman–Crippen LogP) is 0.141. The lowest BCUT2D eigenvalue weighted by Gasteiger charge is -2.23. The Labute approximate surface area is 88.2 Å². The molecule has 1 fully saturated rings. The molecule has 0 aromatic heterocycles. The zero-order chi connectivity index (χ0) is 10.8. The molecule has 2 atom stereocenters. The number of carbonyl (C=O) groups is 1. The number of fused-ring (bicyclic) bond motifs is 2. The maximum atomic E-state index is 11.8. The third kappa shape index (κ3) is 1.64. The minimum Gasteiger partial charge on any atom is -0.394 e. The topological polar surface area (TPSA) is 53.0 Å². The van der Waals surface area contributed by atoms with Gasteiger partial charge in [-0.05, 0) is 0 Å². The lowest BCUT2D eigenvalue weighted by atomic mass is 10.1. The van der Waals surface area contributed by atoms with Crippen LogP contribution in [0, 0.1) is 0 Å². The highest BCUT2D eigenvalue weighted by Gasteiger charge is 2.42. The number of hydroxylamine groups is 2. The molecule has 0 aliphatic carbocycles. The molecule has 15 heavy (non-hydrogen) atoms. The van der Waals surface area contributed by atoms with E-state index < -0.39 is 0 Å². The third-order valence-electron chi connectivity index (χ3n) is 2.59. The second kappa shape index (κ2) is 4.04. The van der Waals surface area contributed by atoms with Crippen LogP contribution in [0.25, 0.3) is 0 Å². The van der Waals surface area contributed by atoms with Crippen molar-refractivity contribution in [3.63, 3.8) is 0 Å². The molecule has 0 radical (unpaired) electrons. The maximum Gasteiger partial charge on any atom is 0.345 e. The van der Waals surface area contributed by atoms with Crippen LogP contribution in [-0.4, -0.2) is 52.9 Å². The molecule has 2 bridgehead atoms. The molecule has 1 N–H and O–H groups in total. The summed E-state index contributed by atoms with van der Waals surface area (Å²) in [5.74, 6) is 0. The van der Waals surface area contributed by atoms with Gasteiger partial charge in [-0.3, -0.25) is 4.84 Å². The van der Waals surface area contributed by atoms with Crippen molar-refractivity contribution >= 4 is 6.03 Å². The third-order valence-corrected chi connectivity index (χ3v) is 2.59. The fourth-order valence-electron chi connectivity index (χ4n) is 1.84. The normalized spacial score (nSPS) is 28.7. The summed E-state index contributed by atoms with van der Waals surface area (Å²) in [7, 11) is 0. The summed E-state index contributed by atoms with van der Waals surface area (Å²) >= 11 is 0. The van der Waals surface area contributed by atoms with Crippen molar-refractivity contribution in [1.29, 1.82) is 0 Å². The van der Waals surface area contributed by atoms with Gasteiger partial charge in [0.2, 0.25) is 0 Å². The van der Waals surface area contributed by atoms with Gasteiger partial charge in [0.25, 0.3) is 0 Å². The van der Waals surface area contributed by atoms with E-state index in [1.54, 1.807) is 11.0 Å². The number of aliphatic hydroxyl groups is 1. The van der Waals surface area contributed by atoms with Crippen LogP contribution in [0.15, 0.2) is 24.8 Å². The summed E-state index contributed by atoms with van der Waals surface area (Å²) in [6.45, 7) is 4.37. The monoisotopic (exact) mass is 210 g/mol. The zero-order valence-electron chi connectivity index (χ0n) is 8.37. The van der Waals surface area contributed by atoms with Gasteiger partial charge in [-0.15, -0.1) is 6.58 Å². The van der Waals surface area contributed by atoms with Crippen molar-refractivity contribution in [2.24, 2.45) is 0 Å². The van der Waals surface area contributed by atoms with Crippen LogP contribution in [-0.2, 0) is 4.84 Å². The second-order valence-corrected chi connectivity index (χ2v) is 3.55. The number of aliphatic hydroxyl groups excluding tert-OH is 1. The number of amides is 2. The fourth-order valence-corrected chi connectivity index (χ4v) is 1.84. The molecule has 2 amide bonds. The zero-order valence-corrected chi connectivity index (χ0v) is 8.37. The molecule has 1 saturated heterocycles. The molecule has 2 rings (SSSR count). The summed E-state index contributed by atoms with van der Waals surface area (Å²) < 4.78 is 0. The number of urea groups is 1. The van der Waals surface area contributed by atoms with Crippen molar-refractivity contribution in [3.8, 4) is 0 Å². The van der Waals surface area contributed by atoms with Crippen LogP contribution in [0.4, 0.5) is 4.79 Å². The van der Waals surface area contributed by atoms with Gasteiger partial charge in [0.15, 0.2) is 0 Å². The van der Waals surface area contributed by atoms with Crippen molar-refractivity contribution in [2.45, 2.75) is 12.1 Å². The van der Waals surface area contributed by atoms with Gasteiger partial charge in [0.1, 0.15) is 0 Å². The second-order valence-electron chi connectivity index (χ2n) is 3.55. The van der Waals surface area contributed by atoms with E-state index in [0.717, 1.165) is 0 Å². The highest BCUT2D eigenvalue weighted by molar-refractivity contribution is 5.78. The molecule has 0 spiro atoms. The molecular weight excluding hydrogens is 196 g/mol. The van der Waals surface area contributed by atoms with Crippen molar-refractivity contribution in [1.82, 2.24) is 9.96 Å². The molecule has 5 nitrogen and oxygen atoms in total. The first-order valence-corrected chi connectivity index (χ1v) is 4.90. The first-order valence-electron chi connectivity index (χ1n) is 4.90. The number of rotatable bonds is 4. The summed E-state index contributed by atoms with van der Waals surface area (Å²) in [5, 5.41) is 10.4. The number of nitrogens with zero attached hydrogens (tertiary/aromatic N) is 2. The van der Waals surface area contributed by atoms with Crippen LogP contribution >= 0.6 is 0 Å². The smallest absolute Gasteiger partial charge is 0.345 e. The largest absolute Gasteiger partial charge is 0.394 e. The highest BCUT2D eigenvalue weighted by Crippen LogP contribution is 2.24. The first-order chi connectivity index (χ1) is 7.27. The number of hydrogen-bond acceptors (Lipinski definition) is 3. The van der Waals surface area contributed by atoms with E-state index in [0.29, 0.717) is 13.2 Å². The molecule has 82 valence electrons. The first kappa shape index (κ1) is 10.2. The maximum absolute atomic E-state index is 11.8. The van der Waals surface area contributed by atoms with Crippen molar-refractivity contribution < 1.29 is 14.7 Å². The molecule has 2 heterocycles. The predicted molar refractivity (Wildman–Crippen MR) is 53.9 cm³/mol. The molecule has 2 aliphatic rings. The summed E-state index contributed by atoms with van der Waals surface area (Å²) in [6, 6.07) is -0.447. The lowest BCUT2D eigenvalue weighted by molar-refractivity contribution is -0.107. The Morgan fingerprint density at radius 3 is 3.13 bits per heavy atom. The summed E-state index contributed by atoms with van der Waals surface area (Å²) in [5.41, 5.74) is 0. The SMILES string of the molecule is C=CCON1C(=O)N2C[C@H]1C=C[C@H]2CO. The number of carbonyl (C=O) groups excluding carboxylic acids is 1. The van der Waals surface area contributed by atoms with Crippen LogP contribution < -0.4 is 0 Å². The molecule has 5 heteroatoms. The van der Waals surface area contributed by atoms with Gasteiger partial charge < -0.3 is 10.0 Å². The molecule has 2 aliphatic heterocycles. The molecular formula is C10H14N2O3. The quantitative estimate of drug-likeness (QED) is 0.671.